The molecule has 9 nitrogen and oxygen atoms in total. The average Bonchev–Trinajstić information content (AvgIpc) is 3.31. The van der Waals surface area contributed by atoms with E-state index in [2.05, 4.69) is 10.3 Å². The number of imidazole rings is 1. The molecule has 0 saturated carbocycles. The maximum absolute atomic E-state index is 14.6. The zero-order valence-electron chi connectivity index (χ0n) is 26.1. The number of halogens is 3. The van der Waals surface area contributed by atoms with Crippen LogP contribution < -0.4 is 10.2 Å². The molecule has 0 unspecified atom stereocenters. The SMILES string of the molecule is CCS(=O)(=O)c1ccc([C@H](CO)NC(=O)c2nc(C(C)(C)C)n(Cc3cccc(N4CCC(O)CC4)c3C(F)(F)F)c2C)cc1. The average molecular weight is 651 g/mol. The van der Waals surface area contributed by atoms with Crippen molar-refractivity contribution in [1.29, 1.82) is 0 Å². The van der Waals surface area contributed by atoms with Crippen LogP contribution in [-0.4, -0.2) is 65.6 Å². The van der Waals surface area contributed by atoms with Gasteiger partial charge in [0.25, 0.3) is 5.91 Å². The molecule has 246 valence electrons. The monoisotopic (exact) mass is 650 g/mol. The Kier molecular flexibility index (Phi) is 10.1. The van der Waals surface area contributed by atoms with Gasteiger partial charge in [0.15, 0.2) is 9.84 Å². The van der Waals surface area contributed by atoms with E-state index in [9.17, 15) is 36.6 Å². The molecule has 1 fully saturated rings. The van der Waals surface area contributed by atoms with Crippen molar-refractivity contribution in [2.45, 2.75) is 82.6 Å². The van der Waals surface area contributed by atoms with E-state index in [1.54, 1.807) is 22.5 Å². The molecule has 1 atom stereocenters. The number of carbonyl (C=O) groups excluding carboxylic acids is 1. The predicted molar refractivity (Wildman–Crippen MR) is 165 cm³/mol. The minimum Gasteiger partial charge on any atom is -0.394 e. The second-order valence-corrected chi connectivity index (χ2v) is 14.7. The van der Waals surface area contributed by atoms with Gasteiger partial charge in [0, 0.05) is 36.4 Å². The van der Waals surface area contributed by atoms with Gasteiger partial charge in [-0.2, -0.15) is 13.2 Å². The van der Waals surface area contributed by atoms with Gasteiger partial charge in [-0.1, -0.05) is 52.0 Å². The fraction of sp³-hybridized carbons (Fsp3) is 0.500. The lowest BCUT2D eigenvalue weighted by Crippen LogP contribution is -2.37. The number of aromatic nitrogens is 2. The lowest BCUT2D eigenvalue weighted by atomic mass is 9.95. The first-order valence-corrected chi connectivity index (χ1v) is 16.6. The van der Waals surface area contributed by atoms with E-state index in [1.807, 2.05) is 20.8 Å². The summed E-state index contributed by atoms with van der Waals surface area (Å²) in [6.07, 6.45) is -4.43. The van der Waals surface area contributed by atoms with Gasteiger partial charge < -0.3 is 25.0 Å². The lowest BCUT2D eigenvalue weighted by molar-refractivity contribution is -0.137. The van der Waals surface area contributed by atoms with E-state index in [0.717, 1.165) is 0 Å². The number of alkyl halides is 3. The quantitative estimate of drug-likeness (QED) is 0.305. The van der Waals surface area contributed by atoms with Crippen LogP contribution in [0.25, 0.3) is 0 Å². The standard InChI is InChI=1S/C32H41F3N4O5S/c1-6-45(43,44)24-12-10-21(11-13-24)25(19-40)36-29(42)28-20(2)39(30(37-28)31(3,4)5)18-22-8-7-9-26(27(22)32(33,34)35)38-16-14-23(41)15-17-38/h7-13,23,25,40-41H,6,14-19H2,1-5H3,(H,36,42)/t25-/m0/s1. The van der Waals surface area contributed by atoms with Crippen LogP contribution in [0.3, 0.4) is 0 Å². The van der Waals surface area contributed by atoms with Gasteiger partial charge in [-0.25, -0.2) is 13.4 Å². The van der Waals surface area contributed by atoms with Crippen molar-refractivity contribution in [2.75, 3.05) is 30.3 Å². The van der Waals surface area contributed by atoms with Gasteiger partial charge in [0.2, 0.25) is 0 Å². The molecule has 1 aliphatic rings. The number of anilines is 1. The van der Waals surface area contributed by atoms with Gasteiger partial charge in [0.05, 0.1) is 35.0 Å². The summed E-state index contributed by atoms with van der Waals surface area (Å²) >= 11 is 0. The van der Waals surface area contributed by atoms with Crippen LogP contribution in [0.5, 0.6) is 0 Å². The number of sulfone groups is 1. The van der Waals surface area contributed by atoms with Gasteiger partial charge in [-0.3, -0.25) is 4.79 Å². The molecule has 4 rings (SSSR count). The predicted octanol–water partition coefficient (Wildman–Crippen LogP) is 4.77. The second-order valence-electron chi connectivity index (χ2n) is 12.4. The Morgan fingerprint density at radius 3 is 2.24 bits per heavy atom. The van der Waals surface area contributed by atoms with Crippen LogP contribution >= 0.6 is 0 Å². The number of piperidine rings is 1. The number of amides is 1. The number of aliphatic hydroxyl groups excluding tert-OH is 2. The minimum atomic E-state index is -4.65. The number of nitrogens with one attached hydrogen (secondary N) is 1. The van der Waals surface area contributed by atoms with Crippen molar-refractivity contribution in [3.8, 4) is 0 Å². The number of carbonyl (C=O) groups is 1. The Morgan fingerprint density at radius 1 is 1.09 bits per heavy atom. The van der Waals surface area contributed by atoms with Crippen LogP contribution in [-0.2, 0) is 28.0 Å². The number of aliphatic hydroxyl groups is 2. The molecule has 1 amide bonds. The third kappa shape index (κ3) is 7.53. The van der Waals surface area contributed by atoms with Crippen LogP contribution in [0, 0.1) is 6.92 Å². The number of nitrogens with zero attached hydrogens (tertiary/aromatic N) is 3. The van der Waals surface area contributed by atoms with E-state index in [1.165, 1.54) is 43.3 Å². The van der Waals surface area contributed by atoms with E-state index >= 15 is 0 Å². The molecule has 0 spiro atoms. The molecule has 3 aromatic rings. The molecule has 2 aromatic carbocycles. The maximum atomic E-state index is 14.6. The molecule has 45 heavy (non-hydrogen) atoms. The highest BCUT2D eigenvalue weighted by Crippen LogP contribution is 2.41. The third-order valence-corrected chi connectivity index (χ3v) is 9.91. The van der Waals surface area contributed by atoms with E-state index in [0.29, 0.717) is 43.0 Å². The van der Waals surface area contributed by atoms with Crippen molar-refractivity contribution < 1.29 is 36.6 Å². The lowest BCUT2D eigenvalue weighted by Gasteiger charge is -2.34. The Bertz CT molecular complexity index is 1620. The molecule has 13 heteroatoms. The summed E-state index contributed by atoms with van der Waals surface area (Å²) in [7, 11) is -3.43. The maximum Gasteiger partial charge on any atom is 0.418 e. The van der Waals surface area contributed by atoms with Gasteiger partial charge in [0.1, 0.15) is 11.5 Å². The minimum absolute atomic E-state index is 0.0123. The van der Waals surface area contributed by atoms with Crippen LogP contribution in [0.2, 0.25) is 0 Å². The zero-order chi connectivity index (χ0) is 33.3. The molecular weight excluding hydrogens is 609 g/mol. The fourth-order valence-corrected chi connectivity index (χ4v) is 6.52. The molecular formula is C32H41F3N4O5S. The summed E-state index contributed by atoms with van der Waals surface area (Å²) < 4.78 is 69.9. The summed E-state index contributed by atoms with van der Waals surface area (Å²) in [5.74, 6) is -0.279. The van der Waals surface area contributed by atoms with Crippen molar-refractivity contribution in [3.63, 3.8) is 0 Å². The largest absolute Gasteiger partial charge is 0.418 e. The van der Waals surface area contributed by atoms with Crippen molar-refractivity contribution in [3.05, 3.63) is 76.4 Å². The molecule has 1 saturated heterocycles. The topological polar surface area (TPSA) is 125 Å². The molecule has 3 N–H and O–H groups in total. The first-order chi connectivity index (χ1) is 21.0. The molecule has 2 heterocycles. The van der Waals surface area contributed by atoms with Gasteiger partial charge >= 0.3 is 6.18 Å². The smallest absolute Gasteiger partial charge is 0.394 e. The first-order valence-electron chi connectivity index (χ1n) is 14.9. The Balaban J connectivity index is 1.70. The highest BCUT2D eigenvalue weighted by atomic mass is 32.2. The summed E-state index contributed by atoms with van der Waals surface area (Å²) in [6, 6.07) is 9.46. The number of hydrogen-bond donors (Lipinski definition) is 3. The number of benzene rings is 2. The fourth-order valence-electron chi connectivity index (χ4n) is 5.64. The summed E-state index contributed by atoms with van der Waals surface area (Å²) in [5.41, 5.74) is -0.460. The Hall–Kier alpha value is -3.42. The van der Waals surface area contributed by atoms with Crippen LogP contribution in [0.15, 0.2) is 47.4 Å². The normalized spacial score (nSPS) is 15.7. The summed E-state index contributed by atoms with van der Waals surface area (Å²) in [5, 5.41) is 22.7. The van der Waals surface area contributed by atoms with Gasteiger partial charge in [-0.15, -0.1) is 0 Å². The Labute approximate surface area is 262 Å². The summed E-state index contributed by atoms with van der Waals surface area (Å²) in [6.45, 7) is 8.67. The van der Waals surface area contributed by atoms with E-state index in [4.69, 9.17) is 0 Å². The van der Waals surface area contributed by atoms with E-state index in [-0.39, 0.29) is 34.1 Å². The third-order valence-electron chi connectivity index (χ3n) is 8.16. The molecule has 0 aliphatic carbocycles. The van der Waals surface area contributed by atoms with Crippen molar-refractivity contribution >= 4 is 21.4 Å². The van der Waals surface area contributed by atoms with E-state index < -0.39 is 51.7 Å². The molecule has 1 aromatic heterocycles. The molecule has 1 aliphatic heterocycles. The van der Waals surface area contributed by atoms with Gasteiger partial charge in [-0.05, 0) is 49.1 Å². The number of rotatable bonds is 9. The first kappa shape index (κ1) is 34.5. The Morgan fingerprint density at radius 2 is 1.71 bits per heavy atom. The molecule has 0 radical (unpaired) electrons. The zero-order valence-corrected chi connectivity index (χ0v) is 27.0. The number of hydrogen-bond acceptors (Lipinski definition) is 7. The second kappa shape index (κ2) is 13.1. The summed E-state index contributed by atoms with van der Waals surface area (Å²) in [4.78, 5) is 19.9. The highest BCUT2D eigenvalue weighted by molar-refractivity contribution is 7.91. The molecule has 0 bridgehead atoms. The van der Waals surface area contributed by atoms with Crippen molar-refractivity contribution in [1.82, 2.24) is 14.9 Å². The van der Waals surface area contributed by atoms with Crippen LogP contribution in [0.4, 0.5) is 18.9 Å². The van der Waals surface area contributed by atoms with Crippen molar-refractivity contribution in [2.24, 2.45) is 0 Å². The van der Waals surface area contributed by atoms with Crippen LogP contribution in [0.1, 0.15) is 85.3 Å². The highest BCUT2D eigenvalue weighted by Gasteiger charge is 2.39.